The minimum absolute atomic E-state index is 0.451. The summed E-state index contributed by atoms with van der Waals surface area (Å²) in [5.74, 6) is 1.11. The Labute approximate surface area is 96.0 Å². The van der Waals surface area contributed by atoms with Crippen LogP contribution in [0.25, 0.3) is 0 Å². The maximum Gasteiger partial charge on any atom is 0.183 e. The van der Waals surface area contributed by atoms with Crippen LogP contribution in [0.1, 0.15) is 33.1 Å². The van der Waals surface area contributed by atoms with Gasteiger partial charge in [0.1, 0.15) is 0 Å². The molecule has 16 heavy (non-hydrogen) atoms. The van der Waals surface area contributed by atoms with Crippen LogP contribution in [-0.2, 0) is 0 Å². The van der Waals surface area contributed by atoms with E-state index in [9.17, 15) is 0 Å². The molecule has 1 fully saturated rings. The van der Waals surface area contributed by atoms with E-state index in [1.807, 2.05) is 0 Å². The second kappa shape index (κ2) is 4.65. The van der Waals surface area contributed by atoms with Crippen LogP contribution >= 0.6 is 0 Å². The fourth-order valence-corrected chi connectivity index (χ4v) is 2.20. The van der Waals surface area contributed by atoms with E-state index in [4.69, 9.17) is 5.73 Å². The molecule has 0 bridgehead atoms. The van der Waals surface area contributed by atoms with Gasteiger partial charge >= 0.3 is 0 Å². The summed E-state index contributed by atoms with van der Waals surface area (Å²) < 4.78 is 0. The summed E-state index contributed by atoms with van der Waals surface area (Å²) in [5, 5.41) is 2.23. The highest BCUT2D eigenvalue weighted by atomic mass is 15.5. The van der Waals surface area contributed by atoms with Crippen LogP contribution in [0, 0.1) is 0 Å². The van der Waals surface area contributed by atoms with Gasteiger partial charge in [-0.2, -0.15) is 0 Å². The SMILES string of the molecule is CC1CCCC(C)N1Nc1nccnc1N. The molecule has 2 heterocycles. The number of rotatable bonds is 2. The molecule has 0 radical (unpaired) electrons. The molecule has 3 N–H and O–H groups in total. The van der Waals surface area contributed by atoms with Crippen LogP contribution in [0.3, 0.4) is 0 Å². The Morgan fingerprint density at radius 3 is 2.50 bits per heavy atom. The van der Waals surface area contributed by atoms with E-state index in [0.29, 0.717) is 23.7 Å². The minimum Gasteiger partial charge on any atom is -0.381 e. The Bertz CT molecular complexity index is 344. The highest BCUT2D eigenvalue weighted by Gasteiger charge is 2.25. The highest BCUT2D eigenvalue weighted by Crippen LogP contribution is 2.23. The lowest BCUT2D eigenvalue weighted by molar-refractivity contribution is 0.135. The minimum atomic E-state index is 0.451. The average molecular weight is 221 g/mol. The van der Waals surface area contributed by atoms with Gasteiger partial charge in [0.05, 0.1) is 0 Å². The number of aromatic nitrogens is 2. The summed E-state index contributed by atoms with van der Waals surface area (Å²) in [6.45, 7) is 4.43. The molecule has 1 aliphatic rings. The molecule has 2 unspecified atom stereocenters. The predicted octanol–water partition coefficient (Wildman–Crippen LogP) is 1.65. The third-order valence-corrected chi connectivity index (χ3v) is 3.16. The smallest absolute Gasteiger partial charge is 0.183 e. The molecule has 88 valence electrons. The summed E-state index contributed by atoms with van der Waals surface area (Å²) >= 11 is 0. The lowest BCUT2D eigenvalue weighted by Gasteiger charge is -2.39. The number of hydrogen-bond donors (Lipinski definition) is 2. The van der Waals surface area contributed by atoms with Crippen molar-refractivity contribution in [3.05, 3.63) is 12.4 Å². The van der Waals surface area contributed by atoms with Crippen LogP contribution in [0.5, 0.6) is 0 Å². The summed E-state index contributed by atoms with van der Waals surface area (Å²) in [6, 6.07) is 1.01. The van der Waals surface area contributed by atoms with E-state index >= 15 is 0 Å². The third-order valence-electron chi connectivity index (χ3n) is 3.16. The topological polar surface area (TPSA) is 67.1 Å². The van der Waals surface area contributed by atoms with E-state index in [1.165, 1.54) is 19.3 Å². The number of nitrogens with zero attached hydrogens (tertiary/aromatic N) is 3. The molecular formula is C11H19N5. The summed E-state index contributed by atoms with van der Waals surface area (Å²) in [5.41, 5.74) is 9.05. The molecule has 5 heteroatoms. The zero-order chi connectivity index (χ0) is 11.5. The first-order valence-electron chi connectivity index (χ1n) is 5.80. The van der Waals surface area contributed by atoms with Gasteiger partial charge in [0.25, 0.3) is 0 Å². The van der Waals surface area contributed by atoms with Crippen molar-refractivity contribution in [3.8, 4) is 0 Å². The van der Waals surface area contributed by atoms with Crippen LogP contribution in [0.4, 0.5) is 11.6 Å². The molecule has 1 aliphatic heterocycles. The Morgan fingerprint density at radius 1 is 1.25 bits per heavy atom. The number of hydrazine groups is 1. The lowest BCUT2D eigenvalue weighted by Crippen LogP contribution is -2.47. The number of nitrogen functional groups attached to an aromatic ring is 1. The largest absolute Gasteiger partial charge is 0.381 e. The summed E-state index contributed by atoms with van der Waals surface area (Å²) in [4.78, 5) is 8.22. The Morgan fingerprint density at radius 2 is 1.88 bits per heavy atom. The second-order valence-electron chi connectivity index (χ2n) is 4.44. The Balaban J connectivity index is 2.11. The van der Waals surface area contributed by atoms with Crippen LogP contribution < -0.4 is 11.2 Å². The van der Waals surface area contributed by atoms with Gasteiger partial charge in [-0.15, -0.1) is 0 Å². The van der Waals surface area contributed by atoms with E-state index in [0.717, 1.165) is 0 Å². The average Bonchev–Trinajstić information content (AvgIpc) is 2.26. The van der Waals surface area contributed by atoms with E-state index in [-0.39, 0.29) is 0 Å². The standard InChI is InChI=1S/C11H19N5/c1-8-4-3-5-9(2)16(8)15-11-10(12)13-6-7-14-11/h6-9H,3-5H2,1-2H3,(H2,12,13)(H,14,15). The van der Waals surface area contributed by atoms with Gasteiger partial charge in [0.2, 0.25) is 0 Å². The predicted molar refractivity (Wildman–Crippen MR) is 64.7 cm³/mol. The fourth-order valence-electron chi connectivity index (χ4n) is 2.20. The molecule has 1 aromatic heterocycles. The van der Waals surface area contributed by atoms with E-state index < -0.39 is 0 Å². The Kier molecular flexibility index (Phi) is 3.24. The molecule has 0 spiro atoms. The first-order chi connectivity index (χ1) is 7.68. The quantitative estimate of drug-likeness (QED) is 0.794. The fraction of sp³-hybridized carbons (Fsp3) is 0.636. The van der Waals surface area contributed by atoms with Crippen molar-refractivity contribution in [2.75, 3.05) is 11.2 Å². The maximum atomic E-state index is 5.77. The van der Waals surface area contributed by atoms with Crippen molar-refractivity contribution >= 4 is 11.6 Å². The molecule has 0 amide bonds. The van der Waals surface area contributed by atoms with Gasteiger partial charge in [-0.05, 0) is 26.7 Å². The third kappa shape index (κ3) is 2.24. The molecule has 0 saturated carbocycles. The Hall–Kier alpha value is -1.36. The zero-order valence-electron chi connectivity index (χ0n) is 9.85. The molecule has 0 aromatic carbocycles. The van der Waals surface area contributed by atoms with Crippen molar-refractivity contribution in [2.45, 2.75) is 45.2 Å². The first kappa shape index (κ1) is 11.1. The zero-order valence-corrected chi connectivity index (χ0v) is 9.85. The number of piperidine rings is 1. The van der Waals surface area contributed by atoms with Crippen molar-refractivity contribution < 1.29 is 0 Å². The molecule has 1 saturated heterocycles. The van der Waals surface area contributed by atoms with Gasteiger partial charge in [-0.25, -0.2) is 15.0 Å². The maximum absolute atomic E-state index is 5.77. The van der Waals surface area contributed by atoms with Gasteiger partial charge in [0, 0.05) is 24.5 Å². The van der Waals surface area contributed by atoms with Crippen molar-refractivity contribution in [3.63, 3.8) is 0 Å². The van der Waals surface area contributed by atoms with E-state index in [2.05, 4.69) is 34.3 Å². The van der Waals surface area contributed by atoms with Crippen LogP contribution in [-0.4, -0.2) is 27.1 Å². The summed E-state index contributed by atoms with van der Waals surface area (Å²) in [6.07, 6.45) is 6.95. The number of anilines is 2. The molecule has 2 rings (SSSR count). The first-order valence-corrected chi connectivity index (χ1v) is 5.80. The van der Waals surface area contributed by atoms with Gasteiger partial charge < -0.3 is 5.73 Å². The second-order valence-corrected chi connectivity index (χ2v) is 4.44. The van der Waals surface area contributed by atoms with Crippen LogP contribution in [0.15, 0.2) is 12.4 Å². The molecular weight excluding hydrogens is 202 g/mol. The normalized spacial score (nSPS) is 26.6. The molecule has 0 aliphatic carbocycles. The number of hydrogen-bond acceptors (Lipinski definition) is 5. The summed E-state index contributed by atoms with van der Waals surface area (Å²) in [7, 11) is 0. The van der Waals surface area contributed by atoms with Gasteiger partial charge in [0.15, 0.2) is 11.6 Å². The van der Waals surface area contributed by atoms with Crippen molar-refractivity contribution in [1.29, 1.82) is 0 Å². The van der Waals surface area contributed by atoms with Crippen molar-refractivity contribution in [1.82, 2.24) is 15.0 Å². The van der Waals surface area contributed by atoms with E-state index in [1.54, 1.807) is 12.4 Å². The number of nitrogens with one attached hydrogen (secondary N) is 1. The van der Waals surface area contributed by atoms with Crippen LogP contribution in [0.2, 0.25) is 0 Å². The van der Waals surface area contributed by atoms with Crippen molar-refractivity contribution in [2.24, 2.45) is 0 Å². The molecule has 2 atom stereocenters. The molecule has 5 nitrogen and oxygen atoms in total. The lowest BCUT2D eigenvalue weighted by atomic mass is 10.00. The van der Waals surface area contributed by atoms with Gasteiger partial charge in [-0.1, -0.05) is 6.42 Å². The monoisotopic (exact) mass is 221 g/mol. The highest BCUT2D eigenvalue weighted by molar-refractivity contribution is 5.54. The molecule has 1 aromatic rings. The van der Waals surface area contributed by atoms with Gasteiger partial charge in [-0.3, -0.25) is 5.43 Å². The number of nitrogens with two attached hydrogens (primary N) is 1.